The van der Waals surface area contributed by atoms with Gasteiger partial charge in [-0.1, -0.05) is 57.5 Å². The lowest BCUT2D eigenvalue weighted by atomic mass is 9.64. The Bertz CT molecular complexity index is 619. The number of benzene rings is 1. The first-order valence-corrected chi connectivity index (χ1v) is 9.68. The molecule has 0 N–H and O–H groups in total. The molecule has 2 saturated carbocycles. The summed E-state index contributed by atoms with van der Waals surface area (Å²) in [6, 6.07) is 10.5. The third-order valence-corrected chi connectivity index (χ3v) is 6.36. The molecule has 0 heterocycles. The summed E-state index contributed by atoms with van der Waals surface area (Å²) in [5, 5.41) is 0. The van der Waals surface area contributed by atoms with Crippen LogP contribution in [0.4, 0.5) is 0 Å². The van der Waals surface area contributed by atoms with Crippen molar-refractivity contribution in [1.82, 2.24) is 0 Å². The second-order valence-electron chi connectivity index (χ2n) is 8.50. The lowest BCUT2D eigenvalue weighted by Crippen LogP contribution is -2.44. The maximum atomic E-state index is 12.6. The molecule has 1 unspecified atom stereocenters. The fraction of sp³-hybridized carbons (Fsp3) is 0.636. The lowest BCUT2D eigenvalue weighted by Gasteiger charge is -2.44. The Hall–Kier alpha value is -1.64. The fourth-order valence-corrected chi connectivity index (χ4v) is 4.66. The third kappa shape index (κ3) is 3.80. The summed E-state index contributed by atoms with van der Waals surface area (Å²) in [6.45, 7) is 6.74. The van der Waals surface area contributed by atoms with Gasteiger partial charge in [0.2, 0.25) is 0 Å². The Morgan fingerprint density at radius 1 is 1.12 bits per heavy atom. The molecule has 2 aliphatic carbocycles. The molecule has 3 nitrogen and oxygen atoms in total. The van der Waals surface area contributed by atoms with E-state index in [4.69, 9.17) is 4.74 Å². The van der Waals surface area contributed by atoms with Crippen LogP contribution in [0, 0.1) is 17.8 Å². The average molecular weight is 342 g/mol. The van der Waals surface area contributed by atoms with E-state index in [1.807, 2.05) is 6.07 Å². The fourth-order valence-electron chi connectivity index (χ4n) is 4.66. The van der Waals surface area contributed by atoms with Crippen LogP contribution in [0.1, 0.15) is 64.9 Å². The van der Waals surface area contributed by atoms with Crippen molar-refractivity contribution >= 4 is 11.8 Å². The van der Waals surface area contributed by atoms with Crippen LogP contribution in [0.15, 0.2) is 30.3 Å². The quantitative estimate of drug-likeness (QED) is 0.589. The molecule has 3 rings (SSSR count). The summed E-state index contributed by atoms with van der Waals surface area (Å²) in [6.07, 6.45) is 5.02. The van der Waals surface area contributed by atoms with Crippen molar-refractivity contribution in [3.8, 4) is 0 Å². The van der Waals surface area contributed by atoms with Crippen LogP contribution in [-0.4, -0.2) is 17.9 Å². The molecule has 25 heavy (non-hydrogen) atoms. The molecule has 136 valence electrons. The highest BCUT2D eigenvalue weighted by Crippen LogP contribution is 2.44. The monoisotopic (exact) mass is 342 g/mol. The topological polar surface area (TPSA) is 43.4 Å². The Balaban J connectivity index is 1.79. The third-order valence-electron chi connectivity index (χ3n) is 6.36. The van der Waals surface area contributed by atoms with Crippen LogP contribution in [0.2, 0.25) is 0 Å². The number of ether oxygens (including phenoxy) is 1. The summed E-state index contributed by atoms with van der Waals surface area (Å²) in [5.41, 5.74) is 1.22. The molecule has 4 atom stereocenters. The van der Waals surface area contributed by atoms with Crippen molar-refractivity contribution in [1.29, 1.82) is 0 Å². The van der Waals surface area contributed by atoms with E-state index in [2.05, 4.69) is 45.0 Å². The van der Waals surface area contributed by atoms with Gasteiger partial charge in [-0.15, -0.1) is 0 Å². The Kier molecular flexibility index (Phi) is 5.31. The molecule has 0 spiro atoms. The van der Waals surface area contributed by atoms with Crippen LogP contribution < -0.4 is 0 Å². The molecule has 0 amide bonds. The molecule has 2 fully saturated rings. The van der Waals surface area contributed by atoms with Crippen LogP contribution >= 0.6 is 0 Å². The molecule has 1 aromatic rings. The van der Waals surface area contributed by atoms with Gasteiger partial charge in [-0.3, -0.25) is 9.59 Å². The van der Waals surface area contributed by atoms with Crippen molar-refractivity contribution in [3.63, 3.8) is 0 Å². The molecule has 3 heteroatoms. The second kappa shape index (κ2) is 7.31. The Labute approximate surface area is 151 Å². The summed E-state index contributed by atoms with van der Waals surface area (Å²) in [4.78, 5) is 24.5. The second-order valence-corrected chi connectivity index (χ2v) is 8.50. The highest BCUT2D eigenvalue weighted by molar-refractivity contribution is 6.00. The lowest BCUT2D eigenvalue weighted by molar-refractivity contribution is -0.162. The molecule has 0 aliphatic heterocycles. The van der Waals surface area contributed by atoms with E-state index >= 15 is 0 Å². The zero-order valence-electron chi connectivity index (χ0n) is 15.7. The molecular formula is C22H30O3. The van der Waals surface area contributed by atoms with Gasteiger partial charge in [-0.05, 0) is 42.6 Å². The minimum atomic E-state index is -0.516. The number of carbonyl (C=O) groups excluding carboxylic acids is 2. The smallest absolute Gasteiger partial charge is 0.316 e. The van der Waals surface area contributed by atoms with Gasteiger partial charge in [0.25, 0.3) is 0 Å². The van der Waals surface area contributed by atoms with Crippen molar-refractivity contribution in [3.05, 3.63) is 35.9 Å². The van der Waals surface area contributed by atoms with Gasteiger partial charge in [0.15, 0.2) is 0 Å². The molecular weight excluding hydrogens is 312 g/mol. The van der Waals surface area contributed by atoms with E-state index < -0.39 is 5.92 Å². The first-order chi connectivity index (χ1) is 11.9. The Morgan fingerprint density at radius 3 is 2.48 bits per heavy atom. The predicted octanol–water partition coefficient (Wildman–Crippen LogP) is 4.68. The van der Waals surface area contributed by atoms with E-state index in [-0.39, 0.29) is 29.2 Å². The number of hydrogen-bond donors (Lipinski definition) is 0. The Morgan fingerprint density at radius 2 is 1.84 bits per heavy atom. The van der Waals surface area contributed by atoms with Gasteiger partial charge >= 0.3 is 5.97 Å². The molecule has 0 radical (unpaired) electrons. The largest absolute Gasteiger partial charge is 0.461 e. The minimum Gasteiger partial charge on any atom is -0.461 e. The number of ketones is 1. The van der Waals surface area contributed by atoms with Gasteiger partial charge < -0.3 is 4.74 Å². The van der Waals surface area contributed by atoms with E-state index in [1.54, 1.807) is 0 Å². The highest BCUT2D eigenvalue weighted by Gasteiger charge is 2.43. The normalized spacial score (nSPS) is 30.3. The van der Waals surface area contributed by atoms with Crippen molar-refractivity contribution in [2.45, 2.75) is 70.8 Å². The van der Waals surface area contributed by atoms with Crippen molar-refractivity contribution < 1.29 is 14.3 Å². The van der Waals surface area contributed by atoms with E-state index in [1.165, 1.54) is 5.56 Å². The zero-order chi connectivity index (χ0) is 18.0. The van der Waals surface area contributed by atoms with Gasteiger partial charge in [-0.25, -0.2) is 0 Å². The maximum Gasteiger partial charge on any atom is 0.316 e. The molecule has 0 aromatic heterocycles. The summed E-state index contributed by atoms with van der Waals surface area (Å²) in [5.74, 6) is 0.104. The number of carbonyl (C=O) groups is 2. The van der Waals surface area contributed by atoms with Gasteiger partial charge in [0, 0.05) is 12.3 Å². The van der Waals surface area contributed by atoms with E-state index in [0.29, 0.717) is 18.8 Å². The maximum absolute atomic E-state index is 12.6. The number of esters is 1. The van der Waals surface area contributed by atoms with Crippen LogP contribution in [0.25, 0.3) is 0 Å². The number of hydrogen-bond acceptors (Lipinski definition) is 3. The first kappa shape index (κ1) is 18.2. The zero-order valence-corrected chi connectivity index (χ0v) is 15.7. The molecule has 0 bridgehead atoms. The summed E-state index contributed by atoms with van der Waals surface area (Å²) in [7, 11) is 0. The average Bonchev–Trinajstić information content (AvgIpc) is 3.01. The number of rotatable bonds is 4. The van der Waals surface area contributed by atoms with E-state index in [9.17, 15) is 9.59 Å². The van der Waals surface area contributed by atoms with Crippen molar-refractivity contribution in [2.75, 3.05) is 0 Å². The molecule has 0 saturated heterocycles. The summed E-state index contributed by atoms with van der Waals surface area (Å²) >= 11 is 0. The van der Waals surface area contributed by atoms with Crippen LogP contribution in [-0.2, 0) is 19.7 Å². The summed E-state index contributed by atoms with van der Waals surface area (Å²) < 4.78 is 5.98. The van der Waals surface area contributed by atoms with E-state index in [0.717, 1.165) is 25.7 Å². The number of Topliss-reactive ketones (excluding diaryl/α,β-unsaturated/α-hetero) is 1. The molecule has 2 aliphatic rings. The van der Waals surface area contributed by atoms with Crippen LogP contribution in [0.5, 0.6) is 0 Å². The minimum absolute atomic E-state index is 0.0627. The first-order valence-electron chi connectivity index (χ1n) is 9.68. The van der Waals surface area contributed by atoms with Gasteiger partial charge in [-0.2, -0.15) is 0 Å². The SMILES string of the molecule is C[C@@H]1CC[C@@H](C(C)(C)c2ccccc2)[C@H](OC(=O)C2CCCC2=O)C1. The highest BCUT2D eigenvalue weighted by atomic mass is 16.5. The molecule has 1 aromatic carbocycles. The van der Waals surface area contributed by atoms with Gasteiger partial charge in [0.05, 0.1) is 0 Å². The van der Waals surface area contributed by atoms with Crippen molar-refractivity contribution in [2.24, 2.45) is 17.8 Å². The standard InChI is InChI=1S/C22H30O3/c1-15-12-13-18(22(2,3)16-8-5-4-6-9-16)20(14-15)25-21(24)17-10-7-11-19(17)23/h4-6,8-9,15,17-18,20H,7,10-14H2,1-3H3/t15-,17?,18-,20-/m1/s1. The van der Waals surface area contributed by atoms with Crippen LogP contribution in [0.3, 0.4) is 0 Å². The predicted molar refractivity (Wildman–Crippen MR) is 98.2 cm³/mol. The van der Waals surface area contributed by atoms with Gasteiger partial charge in [0.1, 0.15) is 17.8 Å².